The summed E-state index contributed by atoms with van der Waals surface area (Å²) < 4.78 is 24.1. The number of sulfone groups is 1. The van der Waals surface area contributed by atoms with Gasteiger partial charge in [0.25, 0.3) is 5.91 Å². The van der Waals surface area contributed by atoms with Gasteiger partial charge < -0.3 is 15.3 Å². The highest BCUT2D eigenvalue weighted by atomic mass is 32.2. The lowest BCUT2D eigenvalue weighted by Gasteiger charge is -2.11. The number of aliphatic carboxylic acids is 1. The fourth-order valence-electron chi connectivity index (χ4n) is 1.53. The van der Waals surface area contributed by atoms with Gasteiger partial charge in [-0.2, -0.15) is 0 Å². The molecular formula is C14H18N2O6S. The lowest BCUT2D eigenvalue weighted by atomic mass is 10.2. The van der Waals surface area contributed by atoms with Crippen LogP contribution in [0.25, 0.3) is 0 Å². The summed E-state index contributed by atoms with van der Waals surface area (Å²) in [6.07, 6.45) is 0. The van der Waals surface area contributed by atoms with Gasteiger partial charge in [-0.3, -0.25) is 14.4 Å². The number of benzene rings is 1. The first kappa shape index (κ1) is 18.6. The lowest BCUT2D eigenvalue weighted by molar-refractivity contribution is -0.138. The van der Waals surface area contributed by atoms with E-state index < -0.39 is 39.4 Å². The standard InChI is InChI=1S/C14H18N2O6S/c1-9(14(19)20)15-13(18)10-4-6-11(7-5-10)23(21,22)8-12(17)16(2)3/h4-7,9H,8H2,1-3H3,(H,15,18)(H,19,20)/t9-/m0/s1. The minimum absolute atomic E-state index is 0.0875. The second-order valence-corrected chi connectivity index (χ2v) is 7.09. The van der Waals surface area contributed by atoms with E-state index in [1.165, 1.54) is 50.2 Å². The van der Waals surface area contributed by atoms with Crippen molar-refractivity contribution < 1.29 is 27.9 Å². The van der Waals surface area contributed by atoms with E-state index in [1.54, 1.807) is 0 Å². The molecule has 1 aromatic carbocycles. The van der Waals surface area contributed by atoms with Gasteiger partial charge >= 0.3 is 5.97 Å². The Kier molecular flexibility index (Phi) is 5.85. The number of hydrogen-bond acceptors (Lipinski definition) is 5. The summed E-state index contributed by atoms with van der Waals surface area (Å²) in [6.45, 7) is 1.31. The Hall–Kier alpha value is -2.42. The fourth-order valence-corrected chi connectivity index (χ4v) is 2.83. The van der Waals surface area contributed by atoms with Crippen molar-refractivity contribution in [3.63, 3.8) is 0 Å². The van der Waals surface area contributed by atoms with E-state index in [4.69, 9.17) is 5.11 Å². The summed E-state index contributed by atoms with van der Waals surface area (Å²) in [6, 6.07) is 3.87. The van der Waals surface area contributed by atoms with Gasteiger partial charge in [-0.05, 0) is 31.2 Å². The van der Waals surface area contributed by atoms with Gasteiger partial charge in [-0.15, -0.1) is 0 Å². The van der Waals surface area contributed by atoms with E-state index in [-0.39, 0.29) is 10.5 Å². The maximum atomic E-state index is 12.1. The Morgan fingerprint density at radius 1 is 1.17 bits per heavy atom. The van der Waals surface area contributed by atoms with Gasteiger partial charge in [-0.25, -0.2) is 8.42 Å². The third kappa shape index (κ3) is 5.06. The van der Waals surface area contributed by atoms with Crippen molar-refractivity contribution in [2.75, 3.05) is 19.8 Å². The van der Waals surface area contributed by atoms with E-state index >= 15 is 0 Å². The van der Waals surface area contributed by atoms with Crippen molar-refractivity contribution >= 4 is 27.6 Å². The molecule has 0 aliphatic heterocycles. The molecule has 0 heterocycles. The number of hydrogen-bond donors (Lipinski definition) is 2. The number of carbonyl (C=O) groups excluding carboxylic acids is 2. The minimum atomic E-state index is -3.80. The van der Waals surface area contributed by atoms with Gasteiger partial charge in [-0.1, -0.05) is 0 Å². The molecule has 0 radical (unpaired) electrons. The molecule has 0 bridgehead atoms. The maximum Gasteiger partial charge on any atom is 0.325 e. The van der Waals surface area contributed by atoms with Crippen LogP contribution in [0.5, 0.6) is 0 Å². The molecule has 23 heavy (non-hydrogen) atoms. The highest BCUT2D eigenvalue weighted by molar-refractivity contribution is 7.92. The van der Waals surface area contributed by atoms with Gasteiger partial charge in [0, 0.05) is 19.7 Å². The highest BCUT2D eigenvalue weighted by Gasteiger charge is 2.21. The second-order valence-electron chi connectivity index (χ2n) is 5.11. The van der Waals surface area contributed by atoms with Crippen LogP contribution in [0.1, 0.15) is 17.3 Å². The molecule has 0 saturated heterocycles. The van der Waals surface area contributed by atoms with Gasteiger partial charge in [0.1, 0.15) is 11.8 Å². The predicted molar refractivity (Wildman–Crippen MR) is 81.8 cm³/mol. The SMILES string of the molecule is C[C@H](NC(=O)c1ccc(S(=O)(=O)CC(=O)N(C)C)cc1)C(=O)O. The van der Waals surface area contributed by atoms with Crippen LogP contribution < -0.4 is 5.32 Å². The van der Waals surface area contributed by atoms with E-state index in [1.807, 2.05) is 0 Å². The monoisotopic (exact) mass is 342 g/mol. The molecule has 2 amide bonds. The van der Waals surface area contributed by atoms with Crippen molar-refractivity contribution in [2.45, 2.75) is 17.9 Å². The normalized spacial score (nSPS) is 12.3. The van der Waals surface area contributed by atoms with Crippen molar-refractivity contribution in [3.05, 3.63) is 29.8 Å². The number of nitrogens with zero attached hydrogens (tertiary/aromatic N) is 1. The average Bonchev–Trinajstić information content (AvgIpc) is 2.46. The number of nitrogens with one attached hydrogen (secondary N) is 1. The van der Waals surface area contributed by atoms with Crippen molar-refractivity contribution in [1.29, 1.82) is 0 Å². The van der Waals surface area contributed by atoms with Crippen LogP contribution in [0.3, 0.4) is 0 Å². The molecule has 9 heteroatoms. The summed E-state index contributed by atoms with van der Waals surface area (Å²) >= 11 is 0. The Morgan fingerprint density at radius 2 is 1.70 bits per heavy atom. The molecule has 2 N–H and O–H groups in total. The molecule has 0 aromatic heterocycles. The number of carbonyl (C=O) groups is 3. The molecule has 0 aliphatic rings. The summed E-state index contributed by atoms with van der Waals surface area (Å²) in [7, 11) is -0.894. The third-order valence-corrected chi connectivity index (χ3v) is 4.62. The molecule has 1 atom stereocenters. The second kappa shape index (κ2) is 7.23. The van der Waals surface area contributed by atoms with Crippen LogP contribution in [0.15, 0.2) is 29.2 Å². The van der Waals surface area contributed by atoms with Gasteiger partial charge in [0.2, 0.25) is 5.91 Å². The molecule has 1 aromatic rings. The Bertz CT molecular complexity index is 709. The molecule has 0 spiro atoms. The first-order valence-corrected chi connectivity index (χ1v) is 8.26. The predicted octanol–water partition coefficient (Wildman–Crippen LogP) is -0.249. The summed E-state index contributed by atoms with van der Waals surface area (Å²) in [5.41, 5.74) is 0.121. The zero-order valence-corrected chi connectivity index (χ0v) is 13.8. The van der Waals surface area contributed by atoms with Gasteiger partial charge in [0.05, 0.1) is 4.90 Å². The van der Waals surface area contributed by atoms with Crippen LogP contribution in [0.4, 0.5) is 0 Å². The molecule has 0 aliphatic carbocycles. The largest absolute Gasteiger partial charge is 0.480 e. The summed E-state index contributed by atoms with van der Waals surface area (Å²) in [5, 5.41) is 11.0. The van der Waals surface area contributed by atoms with E-state index in [2.05, 4.69) is 5.32 Å². The fraction of sp³-hybridized carbons (Fsp3) is 0.357. The smallest absolute Gasteiger partial charge is 0.325 e. The molecule has 1 rings (SSSR count). The maximum absolute atomic E-state index is 12.1. The summed E-state index contributed by atoms with van der Waals surface area (Å²) in [5.74, 6) is -3.03. The molecule has 126 valence electrons. The first-order chi connectivity index (χ1) is 10.5. The number of amides is 2. The van der Waals surface area contributed by atoms with E-state index in [0.29, 0.717) is 0 Å². The van der Waals surface area contributed by atoms with Crippen molar-refractivity contribution in [1.82, 2.24) is 10.2 Å². The number of carboxylic acids is 1. The topological polar surface area (TPSA) is 121 Å². The van der Waals surface area contributed by atoms with Gasteiger partial charge in [0.15, 0.2) is 9.84 Å². The van der Waals surface area contributed by atoms with Crippen LogP contribution in [0, 0.1) is 0 Å². The van der Waals surface area contributed by atoms with Crippen LogP contribution in [-0.4, -0.2) is 62.1 Å². The zero-order valence-electron chi connectivity index (χ0n) is 12.9. The number of carboxylic acid groups (broad SMARTS) is 1. The average molecular weight is 342 g/mol. The lowest BCUT2D eigenvalue weighted by Crippen LogP contribution is -2.38. The van der Waals surface area contributed by atoms with Crippen LogP contribution >= 0.6 is 0 Å². The first-order valence-electron chi connectivity index (χ1n) is 6.61. The van der Waals surface area contributed by atoms with E-state index in [9.17, 15) is 22.8 Å². The Morgan fingerprint density at radius 3 is 2.13 bits per heavy atom. The molecule has 0 saturated carbocycles. The minimum Gasteiger partial charge on any atom is -0.480 e. The zero-order chi connectivity index (χ0) is 17.8. The van der Waals surface area contributed by atoms with E-state index in [0.717, 1.165) is 0 Å². The molecular weight excluding hydrogens is 324 g/mol. The van der Waals surface area contributed by atoms with Crippen LogP contribution in [0.2, 0.25) is 0 Å². The molecule has 0 fully saturated rings. The quantitative estimate of drug-likeness (QED) is 0.735. The summed E-state index contributed by atoms with van der Waals surface area (Å²) in [4.78, 5) is 35.1. The van der Waals surface area contributed by atoms with Crippen molar-refractivity contribution in [2.24, 2.45) is 0 Å². The van der Waals surface area contributed by atoms with Crippen LogP contribution in [-0.2, 0) is 19.4 Å². The molecule has 0 unspecified atom stereocenters. The number of rotatable bonds is 6. The molecule has 8 nitrogen and oxygen atoms in total. The third-order valence-electron chi connectivity index (χ3n) is 3.01. The Labute approximate surface area is 134 Å². The Balaban J connectivity index is 2.90. The van der Waals surface area contributed by atoms with Crippen molar-refractivity contribution in [3.8, 4) is 0 Å². The highest BCUT2D eigenvalue weighted by Crippen LogP contribution is 2.13.